The van der Waals surface area contributed by atoms with Gasteiger partial charge in [-0.25, -0.2) is 4.79 Å². The second-order valence-electron chi connectivity index (χ2n) is 7.70. The number of aromatic carboxylic acids is 1. The molecule has 0 saturated carbocycles. The van der Waals surface area contributed by atoms with Crippen LogP contribution in [0.2, 0.25) is 0 Å². The van der Waals surface area contributed by atoms with E-state index < -0.39 is 5.97 Å². The third-order valence-electron chi connectivity index (χ3n) is 4.28. The van der Waals surface area contributed by atoms with Crippen molar-refractivity contribution in [2.24, 2.45) is 0 Å². The van der Waals surface area contributed by atoms with E-state index in [0.29, 0.717) is 5.56 Å². The topological polar surface area (TPSA) is 37.3 Å². The molecule has 0 aromatic heterocycles. The monoisotopic (exact) mass is 388 g/mol. The van der Waals surface area contributed by atoms with Crippen molar-refractivity contribution in [2.45, 2.75) is 41.5 Å². The smallest absolute Gasteiger partial charge is 0.336 e. The van der Waals surface area contributed by atoms with Gasteiger partial charge in [0, 0.05) is 0 Å². The molecule has 1 N–H and O–H groups in total. The van der Waals surface area contributed by atoms with Crippen LogP contribution in [0.4, 0.5) is 0 Å². The Bertz CT molecular complexity index is 972. The quantitative estimate of drug-likeness (QED) is 0.465. The van der Waals surface area contributed by atoms with Crippen LogP contribution in [0, 0.1) is 6.92 Å². The van der Waals surface area contributed by atoms with Gasteiger partial charge in [0.15, 0.2) is 0 Å². The lowest BCUT2D eigenvalue weighted by Gasteiger charge is -2.19. The maximum Gasteiger partial charge on any atom is 0.336 e. The van der Waals surface area contributed by atoms with E-state index in [9.17, 15) is 9.90 Å². The lowest BCUT2D eigenvalue weighted by Crippen LogP contribution is -2.06. The van der Waals surface area contributed by atoms with Crippen LogP contribution in [0.25, 0.3) is 5.57 Å². The molecule has 0 amide bonds. The Labute approximate surface area is 175 Å². The van der Waals surface area contributed by atoms with Crippen molar-refractivity contribution in [1.82, 2.24) is 0 Å². The number of benzene rings is 1. The number of rotatable bonds is 8. The number of hydrogen-bond donors (Lipinski definition) is 1. The van der Waals surface area contributed by atoms with Gasteiger partial charge < -0.3 is 5.11 Å². The lowest BCUT2D eigenvalue weighted by atomic mass is 9.84. The Morgan fingerprint density at radius 1 is 0.828 bits per heavy atom. The molecule has 1 aromatic carbocycles. The van der Waals surface area contributed by atoms with Gasteiger partial charge in [-0.05, 0) is 69.9 Å². The lowest BCUT2D eigenvalue weighted by molar-refractivity contribution is 0.0696. The summed E-state index contributed by atoms with van der Waals surface area (Å²) in [4.78, 5) is 12.1. The summed E-state index contributed by atoms with van der Waals surface area (Å²) in [5.41, 5.74) is 8.22. The minimum atomic E-state index is -0.955. The highest BCUT2D eigenvalue weighted by Crippen LogP contribution is 2.36. The SMILES string of the molecule is C=C(C)/C=C\C(=C(C)C)/C(=C(/C=C\C(=C)C)C(=C)C)c1ccc(C)cc1C(=O)O. The predicted octanol–water partition coefficient (Wildman–Crippen LogP) is 7.62. The van der Waals surface area contributed by atoms with Gasteiger partial charge in [-0.15, -0.1) is 0 Å². The Morgan fingerprint density at radius 3 is 1.76 bits per heavy atom. The fraction of sp³-hybridized carbons (Fsp3) is 0.222. The largest absolute Gasteiger partial charge is 0.478 e. The van der Waals surface area contributed by atoms with Gasteiger partial charge in [-0.3, -0.25) is 0 Å². The number of hydrogen-bond acceptors (Lipinski definition) is 1. The van der Waals surface area contributed by atoms with Gasteiger partial charge in [-0.2, -0.15) is 0 Å². The fourth-order valence-corrected chi connectivity index (χ4v) is 2.88. The maximum absolute atomic E-state index is 12.1. The van der Waals surface area contributed by atoms with Gasteiger partial charge in [0.25, 0.3) is 0 Å². The number of carbonyl (C=O) groups is 1. The van der Waals surface area contributed by atoms with E-state index in [1.165, 1.54) is 0 Å². The van der Waals surface area contributed by atoms with Crippen LogP contribution in [0.1, 0.15) is 56.1 Å². The third-order valence-corrected chi connectivity index (χ3v) is 4.28. The van der Waals surface area contributed by atoms with Gasteiger partial charge in [0.05, 0.1) is 5.56 Å². The number of carboxylic acid groups (broad SMARTS) is 1. The molecule has 0 fully saturated rings. The Balaban J connectivity index is 4.14. The summed E-state index contributed by atoms with van der Waals surface area (Å²) < 4.78 is 0. The van der Waals surface area contributed by atoms with Crippen molar-refractivity contribution >= 4 is 11.5 Å². The molecule has 0 spiro atoms. The first kappa shape index (κ1) is 23.9. The molecule has 0 heterocycles. The Kier molecular flexibility index (Phi) is 8.59. The molecule has 0 unspecified atom stereocenters. The van der Waals surface area contributed by atoms with Crippen LogP contribution in [-0.2, 0) is 0 Å². The summed E-state index contributed by atoms with van der Waals surface area (Å²) in [6.07, 6.45) is 7.82. The molecule has 1 rings (SSSR count). The van der Waals surface area contributed by atoms with Crippen molar-refractivity contribution in [1.29, 1.82) is 0 Å². The molecule has 2 nitrogen and oxygen atoms in total. The van der Waals surface area contributed by atoms with Crippen molar-refractivity contribution in [3.8, 4) is 0 Å². The average molecular weight is 389 g/mol. The van der Waals surface area contributed by atoms with Crippen molar-refractivity contribution < 1.29 is 9.90 Å². The zero-order valence-corrected chi connectivity index (χ0v) is 18.5. The van der Waals surface area contributed by atoms with Crippen molar-refractivity contribution in [3.63, 3.8) is 0 Å². The summed E-state index contributed by atoms with van der Waals surface area (Å²) >= 11 is 0. The molecule has 0 saturated heterocycles. The van der Waals surface area contributed by atoms with Crippen molar-refractivity contribution in [2.75, 3.05) is 0 Å². The highest BCUT2D eigenvalue weighted by Gasteiger charge is 2.20. The third kappa shape index (κ3) is 6.76. The highest BCUT2D eigenvalue weighted by atomic mass is 16.4. The molecule has 0 aliphatic rings. The molecular formula is C27H32O2. The van der Waals surface area contributed by atoms with Crippen LogP contribution in [0.15, 0.2) is 95.7 Å². The van der Waals surface area contributed by atoms with Gasteiger partial charge >= 0.3 is 5.97 Å². The highest BCUT2D eigenvalue weighted by molar-refractivity contribution is 5.99. The van der Waals surface area contributed by atoms with Crippen LogP contribution in [0.5, 0.6) is 0 Å². The van der Waals surface area contributed by atoms with Gasteiger partial charge in [0.2, 0.25) is 0 Å². The normalized spacial score (nSPS) is 12.1. The summed E-state index contributed by atoms with van der Waals surface area (Å²) in [6, 6.07) is 5.52. The Morgan fingerprint density at radius 2 is 1.34 bits per heavy atom. The van der Waals surface area contributed by atoms with Gasteiger partial charge in [0.1, 0.15) is 0 Å². The second kappa shape index (κ2) is 10.4. The molecule has 2 heteroatoms. The first-order valence-electron chi connectivity index (χ1n) is 9.55. The van der Waals surface area contributed by atoms with Gasteiger partial charge in [-0.1, -0.05) is 84.0 Å². The summed E-state index contributed by atoms with van der Waals surface area (Å²) in [6.45, 7) is 23.8. The van der Waals surface area contributed by atoms with E-state index in [-0.39, 0.29) is 5.56 Å². The average Bonchev–Trinajstić information content (AvgIpc) is 2.59. The van der Waals surface area contributed by atoms with Crippen LogP contribution in [0.3, 0.4) is 0 Å². The van der Waals surface area contributed by atoms with E-state index in [1.54, 1.807) is 6.07 Å². The number of carboxylic acids is 1. The van der Waals surface area contributed by atoms with Crippen LogP contribution >= 0.6 is 0 Å². The van der Waals surface area contributed by atoms with E-state index in [4.69, 9.17) is 0 Å². The van der Waals surface area contributed by atoms with E-state index >= 15 is 0 Å². The molecule has 152 valence electrons. The Hall–Kier alpha value is -3.13. The zero-order valence-electron chi connectivity index (χ0n) is 18.5. The summed E-state index contributed by atoms with van der Waals surface area (Å²) in [5, 5.41) is 9.89. The van der Waals surface area contributed by atoms with Crippen molar-refractivity contribution in [3.05, 3.63) is 112 Å². The van der Waals surface area contributed by atoms with Crippen LogP contribution in [-0.4, -0.2) is 11.1 Å². The molecule has 0 aliphatic heterocycles. The van der Waals surface area contributed by atoms with E-state index in [1.807, 2.05) is 78.0 Å². The number of allylic oxidation sites excluding steroid dienone is 11. The first-order chi connectivity index (χ1) is 13.5. The molecule has 1 aromatic rings. The maximum atomic E-state index is 12.1. The van der Waals surface area contributed by atoms with E-state index in [2.05, 4.69) is 19.7 Å². The van der Waals surface area contributed by atoms with E-state index in [0.717, 1.165) is 44.6 Å². The second-order valence-corrected chi connectivity index (χ2v) is 7.70. The molecule has 29 heavy (non-hydrogen) atoms. The van der Waals surface area contributed by atoms with Crippen LogP contribution < -0.4 is 0 Å². The minimum absolute atomic E-state index is 0.268. The fourth-order valence-electron chi connectivity index (χ4n) is 2.88. The predicted molar refractivity (Wildman–Crippen MR) is 126 cm³/mol. The first-order valence-corrected chi connectivity index (χ1v) is 9.55. The minimum Gasteiger partial charge on any atom is -0.478 e. The molecule has 0 bridgehead atoms. The molecular weight excluding hydrogens is 356 g/mol. The molecule has 0 atom stereocenters. The number of aryl methyl sites for hydroxylation is 1. The standard InChI is InChI=1S/C27H32O2/c1-17(2)10-13-22(19(5)6)26(23(20(7)8)14-11-18(3)4)24-15-12-21(9)16-25(24)27(28)29/h10-16H,1,3,5H2,2,4,6-9H3,(H,28,29)/b13-10-,14-11-,26-22+. The molecule has 0 aliphatic carbocycles. The molecule has 0 radical (unpaired) electrons. The summed E-state index contributed by atoms with van der Waals surface area (Å²) in [7, 11) is 0. The zero-order chi connectivity index (χ0) is 22.3. The summed E-state index contributed by atoms with van der Waals surface area (Å²) in [5.74, 6) is -0.955.